The molecule has 0 aromatic heterocycles. The molecule has 1 saturated carbocycles. The summed E-state index contributed by atoms with van der Waals surface area (Å²) in [6.45, 7) is 6.32. The van der Waals surface area contributed by atoms with Gasteiger partial charge in [-0.25, -0.2) is 39.1 Å². The molecule has 0 aliphatic heterocycles. The maximum absolute atomic E-state index is 10.9. The Kier molecular flexibility index (Phi) is 12.3. The summed E-state index contributed by atoms with van der Waals surface area (Å²) < 4.78 is 12.1. The van der Waals surface area contributed by atoms with E-state index in [1.807, 2.05) is 13.8 Å². The lowest BCUT2D eigenvalue weighted by molar-refractivity contribution is -0.176. The molecule has 0 amide bonds. The highest BCUT2D eigenvalue weighted by Gasteiger charge is 2.57. The van der Waals surface area contributed by atoms with E-state index in [2.05, 4.69) is 20.0 Å². The average Bonchev–Trinajstić information content (AvgIpc) is 2.74. The van der Waals surface area contributed by atoms with E-state index >= 15 is 0 Å². The Morgan fingerprint density at radius 2 is 1.55 bits per heavy atom. The predicted molar refractivity (Wildman–Crippen MR) is 111 cm³/mol. The predicted octanol–water partition coefficient (Wildman–Crippen LogP) is 1.93. The van der Waals surface area contributed by atoms with E-state index in [9.17, 15) is 19.2 Å². The summed E-state index contributed by atoms with van der Waals surface area (Å²) in [7, 11) is 0. The molecule has 1 fully saturated rings. The third-order valence-electron chi connectivity index (χ3n) is 5.68. The second-order valence-corrected chi connectivity index (χ2v) is 8.25. The molecule has 0 spiro atoms. The third-order valence-corrected chi connectivity index (χ3v) is 5.68. The fourth-order valence-corrected chi connectivity index (χ4v) is 4.22. The van der Waals surface area contributed by atoms with Crippen LogP contribution in [0.25, 0.3) is 0 Å². The number of rotatable bonds is 17. The van der Waals surface area contributed by atoms with Crippen LogP contribution >= 0.6 is 0 Å². The van der Waals surface area contributed by atoms with Crippen LogP contribution in [0.2, 0.25) is 0 Å². The lowest BCUT2D eigenvalue weighted by Crippen LogP contribution is -2.59. The molecule has 3 atom stereocenters. The number of aliphatic imine (C=N–C) groups is 4. The molecule has 0 aromatic rings. The van der Waals surface area contributed by atoms with Gasteiger partial charge in [0.2, 0.25) is 24.3 Å². The molecular formula is C21H30N4O6. The van der Waals surface area contributed by atoms with Crippen molar-refractivity contribution in [2.24, 2.45) is 36.7 Å². The molecule has 0 bridgehead atoms. The van der Waals surface area contributed by atoms with Crippen LogP contribution in [0.4, 0.5) is 0 Å². The van der Waals surface area contributed by atoms with Gasteiger partial charge in [0.05, 0.1) is 38.9 Å². The number of hydrogen-bond donors (Lipinski definition) is 0. The van der Waals surface area contributed by atoms with Gasteiger partial charge in [-0.1, -0.05) is 13.8 Å². The summed E-state index contributed by atoms with van der Waals surface area (Å²) in [5.41, 5.74) is -0.968. The van der Waals surface area contributed by atoms with E-state index in [0.717, 1.165) is 12.8 Å². The maximum atomic E-state index is 10.9. The van der Waals surface area contributed by atoms with Crippen molar-refractivity contribution in [3.63, 3.8) is 0 Å². The molecule has 3 unspecified atom stereocenters. The first-order chi connectivity index (χ1) is 15.0. The SMILES string of the molecule is CC(C)(COCCCN=C=O)C(OCCCN=C=O)C1(CN=C=O)CCC1CN=C=O. The average molecular weight is 434 g/mol. The van der Waals surface area contributed by atoms with Crippen molar-refractivity contribution in [3.05, 3.63) is 0 Å². The molecule has 0 saturated heterocycles. The quantitative estimate of drug-likeness (QED) is 0.195. The molecule has 0 aromatic carbocycles. The summed E-state index contributed by atoms with van der Waals surface area (Å²) in [4.78, 5) is 56.6. The molecule has 31 heavy (non-hydrogen) atoms. The number of hydrogen-bond acceptors (Lipinski definition) is 10. The largest absolute Gasteiger partial charge is 0.381 e. The van der Waals surface area contributed by atoms with Gasteiger partial charge in [0, 0.05) is 24.0 Å². The summed E-state index contributed by atoms with van der Waals surface area (Å²) >= 11 is 0. The van der Waals surface area contributed by atoms with Crippen LogP contribution < -0.4 is 0 Å². The lowest BCUT2D eigenvalue weighted by atomic mass is 9.52. The van der Waals surface area contributed by atoms with E-state index < -0.39 is 10.8 Å². The van der Waals surface area contributed by atoms with Gasteiger partial charge in [-0.2, -0.15) is 0 Å². The zero-order chi connectivity index (χ0) is 23.0. The fourth-order valence-electron chi connectivity index (χ4n) is 4.22. The van der Waals surface area contributed by atoms with Crippen molar-refractivity contribution in [2.75, 3.05) is 46.0 Å². The maximum Gasteiger partial charge on any atom is 0.234 e. The molecule has 10 nitrogen and oxygen atoms in total. The van der Waals surface area contributed by atoms with Crippen molar-refractivity contribution in [1.82, 2.24) is 0 Å². The molecule has 0 N–H and O–H groups in total. The number of carbonyl (C=O) groups excluding carboxylic acids is 4. The Bertz CT molecular complexity index is 747. The van der Waals surface area contributed by atoms with Crippen LogP contribution in [-0.4, -0.2) is 76.4 Å². The molecule has 0 radical (unpaired) electrons. The van der Waals surface area contributed by atoms with Gasteiger partial charge in [-0.3, -0.25) is 0 Å². The summed E-state index contributed by atoms with van der Waals surface area (Å²) in [5, 5.41) is 0. The first kappa shape index (κ1) is 26.5. The summed E-state index contributed by atoms with van der Waals surface area (Å²) in [6.07, 6.45) is 8.56. The van der Waals surface area contributed by atoms with Gasteiger partial charge < -0.3 is 9.47 Å². The minimum atomic E-state index is -0.500. The highest BCUT2D eigenvalue weighted by atomic mass is 16.5. The molecular weight excluding hydrogens is 404 g/mol. The number of isocyanates is 4. The van der Waals surface area contributed by atoms with E-state index in [1.54, 1.807) is 12.2 Å². The van der Waals surface area contributed by atoms with Crippen LogP contribution in [0.3, 0.4) is 0 Å². The lowest BCUT2D eigenvalue weighted by Gasteiger charge is -2.56. The fraction of sp³-hybridized carbons (Fsp3) is 0.810. The topological polar surface area (TPSA) is 136 Å². The zero-order valence-corrected chi connectivity index (χ0v) is 18.2. The van der Waals surface area contributed by atoms with Crippen molar-refractivity contribution in [2.45, 2.75) is 45.6 Å². The second kappa shape index (κ2) is 14.4. The Balaban J connectivity index is 3.01. The second-order valence-electron chi connectivity index (χ2n) is 8.25. The third kappa shape index (κ3) is 8.23. The van der Waals surface area contributed by atoms with Gasteiger partial charge >= 0.3 is 0 Å². The smallest absolute Gasteiger partial charge is 0.234 e. The van der Waals surface area contributed by atoms with Gasteiger partial charge in [0.15, 0.2) is 0 Å². The minimum absolute atomic E-state index is 0.00486. The highest BCUT2D eigenvalue weighted by molar-refractivity contribution is 5.34. The van der Waals surface area contributed by atoms with E-state index in [-0.39, 0.29) is 25.1 Å². The Labute approximate surface area is 181 Å². The normalized spacial score (nSPS) is 20.8. The first-order valence-electron chi connectivity index (χ1n) is 10.3. The molecule has 1 aliphatic carbocycles. The van der Waals surface area contributed by atoms with E-state index in [4.69, 9.17) is 9.47 Å². The zero-order valence-electron chi connectivity index (χ0n) is 18.2. The Hall–Kier alpha value is -2.56. The standard InChI is InChI=1S/C21H30N4O6/c1-20(2,13-30-9-3-7-22-14-26)19(31-10-4-8-23-15-27)21(12-25-17-29)6-5-18(21)11-24-16-28/h18-19H,3-13H2,1-2H3. The van der Waals surface area contributed by atoms with E-state index in [0.29, 0.717) is 45.8 Å². The first-order valence-corrected chi connectivity index (χ1v) is 10.3. The van der Waals surface area contributed by atoms with Crippen LogP contribution in [0.5, 0.6) is 0 Å². The minimum Gasteiger partial charge on any atom is -0.381 e. The van der Waals surface area contributed by atoms with Crippen molar-refractivity contribution in [3.8, 4) is 0 Å². The number of ether oxygens (including phenoxy) is 2. The Morgan fingerprint density at radius 3 is 2.10 bits per heavy atom. The molecule has 1 aliphatic rings. The molecule has 170 valence electrons. The van der Waals surface area contributed by atoms with Crippen molar-refractivity contribution >= 4 is 24.3 Å². The van der Waals surface area contributed by atoms with Crippen LogP contribution in [0.15, 0.2) is 20.0 Å². The van der Waals surface area contributed by atoms with Gasteiger partial charge in [0.25, 0.3) is 0 Å². The van der Waals surface area contributed by atoms with E-state index in [1.165, 1.54) is 12.2 Å². The Morgan fingerprint density at radius 1 is 0.935 bits per heavy atom. The molecule has 1 rings (SSSR count). The van der Waals surface area contributed by atoms with Gasteiger partial charge in [-0.05, 0) is 31.6 Å². The highest BCUT2D eigenvalue weighted by Crippen LogP contribution is 2.55. The number of nitrogens with zero attached hydrogens (tertiary/aromatic N) is 4. The van der Waals surface area contributed by atoms with Crippen LogP contribution in [0, 0.1) is 16.7 Å². The summed E-state index contributed by atoms with van der Waals surface area (Å²) in [6, 6.07) is 0. The monoisotopic (exact) mass is 434 g/mol. The van der Waals surface area contributed by atoms with Crippen LogP contribution in [-0.2, 0) is 28.7 Å². The summed E-state index contributed by atoms with van der Waals surface area (Å²) in [5.74, 6) is 0.00486. The van der Waals surface area contributed by atoms with Gasteiger partial charge in [-0.15, -0.1) is 0 Å². The van der Waals surface area contributed by atoms with Crippen molar-refractivity contribution in [1.29, 1.82) is 0 Å². The molecule has 10 heteroatoms. The van der Waals surface area contributed by atoms with Crippen molar-refractivity contribution < 1.29 is 28.7 Å². The molecule has 0 heterocycles. The van der Waals surface area contributed by atoms with Gasteiger partial charge in [0.1, 0.15) is 0 Å². The van der Waals surface area contributed by atoms with Crippen LogP contribution in [0.1, 0.15) is 39.5 Å².